The molecule has 52 heavy (non-hydrogen) atoms. The molecule has 0 bridgehead atoms. The normalized spacial score (nSPS) is 11.8. The lowest BCUT2D eigenvalue weighted by molar-refractivity contribution is 0.668. The summed E-state index contributed by atoms with van der Waals surface area (Å²) in [5.41, 5.74) is 12.7. The van der Waals surface area contributed by atoms with E-state index in [0.29, 0.717) is 0 Å². The number of benzene rings is 8. The third-order valence-electron chi connectivity index (χ3n) is 10.3. The summed E-state index contributed by atoms with van der Waals surface area (Å²) in [4.78, 5) is 2.30. The quantitative estimate of drug-likeness (QED) is 0.183. The highest BCUT2D eigenvalue weighted by molar-refractivity contribution is 6.18. The van der Waals surface area contributed by atoms with Crippen molar-refractivity contribution in [2.24, 2.45) is 0 Å². The van der Waals surface area contributed by atoms with Gasteiger partial charge in [0, 0.05) is 43.9 Å². The first-order chi connectivity index (χ1) is 25.8. The predicted octanol–water partition coefficient (Wildman–Crippen LogP) is 14.2. The molecule has 0 aliphatic rings. The lowest BCUT2D eigenvalue weighted by Crippen LogP contribution is -2.09. The van der Waals surface area contributed by atoms with Crippen molar-refractivity contribution in [3.8, 4) is 22.3 Å². The number of anilines is 3. The van der Waals surface area contributed by atoms with Gasteiger partial charge in [-0.1, -0.05) is 103 Å². The van der Waals surface area contributed by atoms with E-state index in [1.807, 2.05) is 30.3 Å². The molecule has 11 aromatic rings. The maximum absolute atomic E-state index is 6.77. The molecule has 0 aliphatic carbocycles. The maximum Gasteiger partial charge on any atom is 0.143 e. The van der Waals surface area contributed by atoms with E-state index in [-0.39, 0.29) is 0 Å². The zero-order valence-electron chi connectivity index (χ0n) is 27.9. The lowest BCUT2D eigenvalue weighted by Gasteiger charge is -2.26. The van der Waals surface area contributed by atoms with E-state index in [2.05, 4.69) is 150 Å². The molecule has 0 N–H and O–H groups in total. The summed E-state index contributed by atoms with van der Waals surface area (Å²) in [6, 6.07) is 61.2. The van der Waals surface area contributed by atoms with Gasteiger partial charge in [0.25, 0.3) is 0 Å². The third kappa shape index (κ3) is 4.34. The monoisotopic (exact) mass is 667 g/mol. The molecule has 11 rings (SSSR count). The summed E-state index contributed by atoms with van der Waals surface area (Å²) in [7, 11) is 0. The Morgan fingerprint density at radius 1 is 0.327 bits per heavy atom. The van der Waals surface area contributed by atoms with E-state index in [0.717, 1.165) is 105 Å². The van der Waals surface area contributed by atoms with E-state index in [1.54, 1.807) is 0 Å². The smallest absolute Gasteiger partial charge is 0.143 e. The standard InChI is InChI=1S/C48H29NO3/c1-3-12-32(13-4-1)49(33-14-5-2-6-15-33)40-20-11-23-44-47(40)39-28-30(25-27-42(39)51-44)31-24-26-34-36-18-9-19-37(48(36)52-45(34)29-31)35-17-10-22-43-46(35)38-16-7-8-21-41(38)50-43/h1-29H. The first kappa shape index (κ1) is 28.8. The summed E-state index contributed by atoms with van der Waals surface area (Å²) in [6.07, 6.45) is 0. The summed E-state index contributed by atoms with van der Waals surface area (Å²) in [5.74, 6) is 0. The number of fused-ring (bicyclic) bond motifs is 9. The van der Waals surface area contributed by atoms with Gasteiger partial charge in [0.1, 0.15) is 33.5 Å². The Kier molecular flexibility index (Phi) is 6.22. The molecule has 4 nitrogen and oxygen atoms in total. The zero-order valence-corrected chi connectivity index (χ0v) is 27.9. The molecular weight excluding hydrogens is 639 g/mol. The van der Waals surface area contributed by atoms with E-state index < -0.39 is 0 Å². The van der Waals surface area contributed by atoms with Crippen molar-refractivity contribution in [2.75, 3.05) is 4.90 Å². The molecule has 3 aromatic heterocycles. The molecule has 0 saturated heterocycles. The summed E-state index contributed by atoms with van der Waals surface area (Å²) in [5, 5.41) is 6.51. The van der Waals surface area contributed by atoms with Crippen LogP contribution in [0.1, 0.15) is 0 Å². The molecule has 3 heterocycles. The SMILES string of the molecule is c1ccc(N(c2ccccc2)c2cccc3oc4ccc(-c5ccc6c(c5)oc5c(-c7cccc8oc9ccccc9c78)cccc56)cc4c23)cc1. The van der Waals surface area contributed by atoms with Crippen molar-refractivity contribution < 1.29 is 13.3 Å². The largest absolute Gasteiger partial charge is 0.456 e. The molecule has 0 saturated carbocycles. The Bertz CT molecular complexity index is 3090. The molecule has 0 aliphatic heterocycles. The van der Waals surface area contributed by atoms with Gasteiger partial charge in [-0.25, -0.2) is 0 Å². The van der Waals surface area contributed by atoms with Gasteiger partial charge >= 0.3 is 0 Å². The minimum absolute atomic E-state index is 0.848. The van der Waals surface area contributed by atoms with E-state index in [9.17, 15) is 0 Å². The second kappa shape index (κ2) is 11.2. The topological polar surface area (TPSA) is 42.7 Å². The highest BCUT2D eigenvalue weighted by Crippen LogP contribution is 2.45. The molecule has 0 amide bonds. The van der Waals surface area contributed by atoms with Crippen molar-refractivity contribution in [3.05, 3.63) is 176 Å². The van der Waals surface area contributed by atoms with Gasteiger partial charge in [0.2, 0.25) is 0 Å². The number of para-hydroxylation sites is 4. The first-order valence-corrected chi connectivity index (χ1v) is 17.5. The number of hydrogen-bond acceptors (Lipinski definition) is 4. The van der Waals surface area contributed by atoms with Crippen LogP contribution in [0, 0.1) is 0 Å². The van der Waals surface area contributed by atoms with Crippen LogP contribution >= 0.6 is 0 Å². The highest BCUT2D eigenvalue weighted by Gasteiger charge is 2.21. The third-order valence-corrected chi connectivity index (χ3v) is 10.3. The number of rotatable bonds is 5. The fourth-order valence-corrected chi connectivity index (χ4v) is 7.94. The van der Waals surface area contributed by atoms with Crippen molar-refractivity contribution in [1.29, 1.82) is 0 Å². The molecule has 0 atom stereocenters. The van der Waals surface area contributed by atoms with Gasteiger partial charge in [0.15, 0.2) is 0 Å². The Hall–Kier alpha value is -7.04. The summed E-state index contributed by atoms with van der Waals surface area (Å²) < 4.78 is 19.5. The van der Waals surface area contributed by atoms with Crippen LogP contribution in [-0.2, 0) is 0 Å². The highest BCUT2D eigenvalue weighted by atomic mass is 16.3. The lowest BCUT2D eigenvalue weighted by atomic mass is 9.97. The number of nitrogens with zero attached hydrogens (tertiary/aromatic N) is 1. The molecule has 0 unspecified atom stereocenters. The Labute approximate surface area is 298 Å². The van der Waals surface area contributed by atoms with Crippen LogP contribution in [0.15, 0.2) is 189 Å². The molecular formula is C48H29NO3. The minimum atomic E-state index is 0.848. The van der Waals surface area contributed by atoms with Crippen LogP contribution in [0.25, 0.3) is 88.1 Å². The first-order valence-electron chi connectivity index (χ1n) is 17.5. The molecule has 244 valence electrons. The fraction of sp³-hybridized carbons (Fsp3) is 0. The summed E-state index contributed by atoms with van der Waals surface area (Å²) in [6.45, 7) is 0. The van der Waals surface area contributed by atoms with Crippen molar-refractivity contribution in [1.82, 2.24) is 0 Å². The van der Waals surface area contributed by atoms with Crippen molar-refractivity contribution in [3.63, 3.8) is 0 Å². The molecule has 8 aromatic carbocycles. The van der Waals surface area contributed by atoms with Crippen LogP contribution in [0.3, 0.4) is 0 Å². The molecule has 0 radical (unpaired) electrons. The van der Waals surface area contributed by atoms with E-state index in [4.69, 9.17) is 13.3 Å². The average Bonchev–Trinajstić information content (AvgIpc) is 3.90. The molecule has 0 fully saturated rings. The Balaban J connectivity index is 1.07. The van der Waals surface area contributed by atoms with Crippen molar-refractivity contribution in [2.45, 2.75) is 0 Å². The van der Waals surface area contributed by atoms with E-state index in [1.165, 1.54) is 0 Å². The van der Waals surface area contributed by atoms with Crippen LogP contribution in [0.5, 0.6) is 0 Å². The Morgan fingerprint density at radius 3 is 1.73 bits per heavy atom. The van der Waals surface area contributed by atoms with Crippen LogP contribution in [-0.4, -0.2) is 0 Å². The molecule has 4 heteroatoms. The van der Waals surface area contributed by atoms with Crippen molar-refractivity contribution >= 4 is 82.9 Å². The van der Waals surface area contributed by atoms with E-state index >= 15 is 0 Å². The van der Waals surface area contributed by atoms with Gasteiger partial charge in [-0.05, 0) is 89.5 Å². The second-order valence-electron chi connectivity index (χ2n) is 13.2. The van der Waals surface area contributed by atoms with Gasteiger partial charge < -0.3 is 18.2 Å². The predicted molar refractivity (Wildman–Crippen MR) is 214 cm³/mol. The van der Waals surface area contributed by atoms with Crippen LogP contribution in [0.2, 0.25) is 0 Å². The van der Waals surface area contributed by atoms with Gasteiger partial charge in [-0.2, -0.15) is 0 Å². The number of hydrogen-bond donors (Lipinski definition) is 0. The number of furan rings is 3. The Morgan fingerprint density at radius 2 is 0.923 bits per heavy atom. The summed E-state index contributed by atoms with van der Waals surface area (Å²) >= 11 is 0. The van der Waals surface area contributed by atoms with Crippen LogP contribution in [0.4, 0.5) is 17.1 Å². The van der Waals surface area contributed by atoms with Gasteiger partial charge in [0.05, 0.1) is 11.1 Å². The average molecular weight is 668 g/mol. The van der Waals surface area contributed by atoms with Gasteiger partial charge in [-0.15, -0.1) is 0 Å². The maximum atomic E-state index is 6.77. The fourth-order valence-electron chi connectivity index (χ4n) is 7.94. The van der Waals surface area contributed by atoms with Crippen LogP contribution < -0.4 is 4.90 Å². The zero-order chi connectivity index (χ0) is 34.2. The van der Waals surface area contributed by atoms with Gasteiger partial charge in [-0.3, -0.25) is 0 Å². The minimum Gasteiger partial charge on any atom is -0.456 e. The second-order valence-corrected chi connectivity index (χ2v) is 13.2. The molecule has 0 spiro atoms.